The number of aromatic nitrogens is 1. The van der Waals surface area contributed by atoms with Crippen molar-refractivity contribution in [2.75, 3.05) is 7.11 Å². The van der Waals surface area contributed by atoms with Gasteiger partial charge in [-0.1, -0.05) is 5.16 Å². The van der Waals surface area contributed by atoms with Gasteiger partial charge in [0.25, 0.3) is 0 Å². The standard InChI is InChI=1S/C11H7F2NO5/c1-18-6-2-4(8(12)10(15)9(6)13)5-3-7(11(16)17)19-14-5/h2-3,15H,1H3,(H,16,17). The highest BCUT2D eigenvalue weighted by atomic mass is 19.1. The molecule has 1 heterocycles. The van der Waals surface area contributed by atoms with Gasteiger partial charge in [0.15, 0.2) is 17.3 Å². The van der Waals surface area contributed by atoms with Gasteiger partial charge in [-0.15, -0.1) is 0 Å². The molecule has 0 unspecified atom stereocenters. The summed E-state index contributed by atoms with van der Waals surface area (Å²) >= 11 is 0. The van der Waals surface area contributed by atoms with Crippen LogP contribution >= 0.6 is 0 Å². The summed E-state index contributed by atoms with van der Waals surface area (Å²) in [5.74, 6) is -6.10. The van der Waals surface area contributed by atoms with Crippen molar-refractivity contribution < 1.29 is 33.0 Å². The van der Waals surface area contributed by atoms with E-state index in [1.807, 2.05) is 0 Å². The first-order valence-electron chi connectivity index (χ1n) is 4.91. The minimum Gasteiger partial charge on any atom is -0.503 e. The Morgan fingerprint density at radius 3 is 2.58 bits per heavy atom. The van der Waals surface area contributed by atoms with Gasteiger partial charge >= 0.3 is 5.97 Å². The minimum absolute atomic E-state index is 0.205. The van der Waals surface area contributed by atoms with E-state index in [0.717, 1.165) is 19.2 Å². The molecule has 2 rings (SSSR count). The van der Waals surface area contributed by atoms with E-state index in [9.17, 15) is 18.7 Å². The maximum atomic E-state index is 13.7. The zero-order chi connectivity index (χ0) is 14.2. The summed E-state index contributed by atoms with van der Waals surface area (Å²) in [6.07, 6.45) is 0. The van der Waals surface area contributed by atoms with Crippen LogP contribution in [0.15, 0.2) is 16.7 Å². The van der Waals surface area contributed by atoms with Crippen molar-refractivity contribution in [2.24, 2.45) is 0 Å². The van der Waals surface area contributed by atoms with Crippen molar-refractivity contribution in [1.82, 2.24) is 5.16 Å². The molecule has 6 nitrogen and oxygen atoms in total. The molecule has 0 aliphatic heterocycles. The lowest BCUT2D eigenvalue weighted by Gasteiger charge is -2.07. The topological polar surface area (TPSA) is 92.8 Å². The van der Waals surface area contributed by atoms with Crippen molar-refractivity contribution in [3.8, 4) is 22.8 Å². The van der Waals surface area contributed by atoms with E-state index < -0.39 is 34.9 Å². The number of carboxylic acid groups (broad SMARTS) is 1. The Kier molecular flexibility index (Phi) is 3.07. The van der Waals surface area contributed by atoms with Crippen LogP contribution < -0.4 is 4.74 Å². The molecule has 0 atom stereocenters. The molecule has 0 aliphatic carbocycles. The molecule has 1 aromatic carbocycles. The molecule has 1 aromatic heterocycles. The summed E-state index contributed by atoms with van der Waals surface area (Å²) in [4.78, 5) is 10.6. The van der Waals surface area contributed by atoms with Crippen LogP contribution in [0.2, 0.25) is 0 Å². The van der Waals surface area contributed by atoms with Crippen LogP contribution in [0.3, 0.4) is 0 Å². The summed E-state index contributed by atoms with van der Waals surface area (Å²) in [7, 11) is 1.13. The SMILES string of the molecule is COc1cc(-c2cc(C(=O)O)on2)c(F)c(O)c1F. The van der Waals surface area contributed by atoms with Crippen LogP contribution in [0.1, 0.15) is 10.6 Å². The number of benzene rings is 1. The van der Waals surface area contributed by atoms with E-state index in [1.54, 1.807) is 0 Å². The number of phenols is 1. The molecule has 19 heavy (non-hydrogen) atoms. The Morgan fingerprint density at radius 1 is 1.37 bits per heavy atom. The molecule has 0 bridgehead atoms. The van der Waals surface area contributed by atoms with Crippen LogP contribution in [-0.2, 0) is 0 Å². The van der Waals surface area contributed by atoms with Gasteiger partial charge in [-0.2, -0.15) is 4.39 Å². The number of aromatic carboxylic acids is 1. The molecule has 100 valence electrons. The Hall–Kier alpha value is -2.64. The third-order valence-corrected chi connectivity index (χ3v) is 2.36. The number of halogens is 2. The van der Waals surface area contributed by atoms with Crippen molar-refractivity contribution in [3.63, 3.8) is 0 Å². The number of carbonyl (C=O) groups is 1. The summed E-state index contributed by atoms with van der Waals surface area (Å²) < 4.78 is 36.1. The zero-order valence-electron chi connectivity index (χ0n) is 9.48. The highest BCUT2D eigenvalue weighted by molar-refractivity contribution is 5.85. The van der Waals surface area contributed by atoms with Gasteiger partial charge in [-0.25, -0.2) is 9.18 Å². The molecule has 0 fully saturated rings. The van der Waals surface area contributed by atoms with E-state index in [1.165, 1.54) is 0 Å². The largest absolute Gasteiger partial charge is 0.503 e. The van der Waals surface area contributed by atoms with E-state index in [-0.39, 0.29) is 11.3 Å². The van der Waals surface area contributed by atoms with Crippen LogP contribution in [0, 0.1) is 11.6 Å². The van der Waals surface area contributed by atoms with Crippen LogP contribution in [-0.4, -0.2) is 28.4 Å². The molecule has 0 spiro atoms. The molecule has 0 saturated heterocycles. The lowest BCUT2D eigenvalue weighted by atomic mass is 10.1. The number of ether oxygens (including phenoxy) is 1. The van der Waals surface area contributed by atoms with Crippen LogP contribution in [0.4, 0.5) is 8.78 Å². The number of hydrogen-bond acceptors (Lipinski definition) is 5. The average molecular weight is 271 g/mol. The second kappa shape index (κ2) is 4.56. The number of methoxy groups -OCH3 is 1. The lowest BCUT2D eigenvalue weighted by Crippen LogP contribution is -1.95. The predicted molar refractivity (Wildman–Crippen MR) is 57.0 cm³/mol. The second-order valence-electron chi connectivity index (χ2n) is 3.48. The van der Waals surface area contributed by atoms with Crippen molar-refractivity contribution in [3.05, 3.63) is 29.5 Å². The van der Waals surface area contributed by atoms with Gasteiger partial charge in [0.2, 0.25) is 11.6 Å². The number of hydrogen-bond donors (Lipinski definition) is 2. The molecule has 0 aliphatic rings. The summed E-state index contributed by atoms with van der Waals surface area (Å²) in [5.41, 5.74) is -0.546. The summed E-state index contributed by atoms with van der Waals surface area (Å²) in [5, 5.41) is 21.3. The van der Waals surface area contributed by atoms with Gasteiger partial charge in [0, 0.05) is 11.6 Å². The maximum Gasteiger partial charge on any atom is 0.374 e. The summed E-state index contributed by atoms with van der Waals surface area (Å²) in [6, 6.07) is 1.88. The number of rotatable bonds is 3. The Morgan fingerprint density at radius 2 is 2.05 bits per heavy atom. The summed E-state index contributed by atoms with van der Waals surface area (Å²) in [6.45, 7) is 0. The molecule has 0 saturated carbocycles. The molecular formula is C11H7F2NO5. The average Bonchev–Trinajstić information content (AvgIpc) is 2.86. The maximum absolute atomic E-state index is 13.7. The first kappa shape index (κ1) is 12.8. The quantitative estimate of drug-likeness (QED) is 0.887. The highest BCUT2D eigenvalue weighted by Gasteiger charge is 2.22. The molecule has 2 N–H and O–H groups in total. The normalized spacial score (nSPS) is 10.5. The van der Waals surface area contributed by atoms with Crippen molar-refractivity contribution in [1.29, 1.82) is 0 Å². The number of phenolic OH excluding ortho intramolecular Hbond substituents is 1. The second-order valence-corrected chi connectivity index (χ2v) is 3.48. The lowest BCUT2D eigenvalue weighted by molar-refractivity contribution is 0.0652. The molecular weight excluding hydrogens is 264 g/mol. The van der Waals surface area contributed by atoms with Gasteiger partial charge in [0.1, 0.15) is 5.69 Å². The van der Waals surface area contributed by atoms with Gasteiger partial charge in [0.05, 0.1) is 7.11 Å². The first-order valence-corrected chi connectivity index (χ1v) is 4.91. The molecule has 0 radical (unpaired) electrons. The number of carboxylic acids is 1. The van der Waals surface area contributed by atoms with Gasteiger partial charge in [-0.3, -0.25) is 0 Å². The minimum atomic E-state index is -1.39. The molecule has 2 aromatic rings. The van der Waals surface area contributed by atoms with Crippen molar-refractivity contribution in [2.45, 2.75) is 0 Å². The van der Waals surface area contributed by atoms with E-state index >= 15 is 0 Å². The Labute approximate surface area is 104 Å². The van der Waals surface area contributed by atoms with Gasteiger partial charge in [-0.05, 0) is 6.07 Å². The fraction of sp³-hybridized carbons (Fsp3) is 0.0909. The third-order valence-electron chi connectivity index (χ3n) is 2.36. The third kappa shape index (κ3) is 2.07. The predicted octanol–water partition coefficient (Wildman–Crippen LogP) is 2.03. The van der Waals surface area contributed by atoms with E-state index in [0.29, 0.717) is 0 Å². The smallest absolute Gasteiger partial charge is 0.374 e. The number of nitrogens with zero attached hydrogens (tertiary/aromatic N) is 1. The zero-order valence-corrected chi connectivity index (χ0v) is 9.48. The Bertz CT molecular complexity index is 653. The Balaban J connectivity index is 2.61. The fourth-order valence-corrected chi connectivity index (χ4v) is 1.44. The fourth-order valence-electron chi connectivity index (χ4n) is 1.44. The molecule has 0 amide bonds. The van der Waals surface area contributed by atoms with Crippen LogP contribution in [0.5, 0.6) is 11.5 Å². The van der Waals surface area contributed by atoms with E-state index in [2.05, 4.69) is 14.4 Å². The number of aromatic hydroxyl groups is 1. The van der Waals surface area contributed by atoms with Gasteiger partial charge < -0.3 is 19.5 Å². The molecule has 8 heteroatoms. The first-order chi connectivity index (χ1) is 8.95. The highest BCUT2D eigenvalue weighted by Crippen LogP contribution is 2.36. The van der Waals surface area contributed by atoms with Crippen LogP contribution in [0.25, 0.3) is 11.3 Å². The van der Waals surface area contributed by atoms with Crippen molar-refractivity contribution >= 4 is 5.97 Å². The van der Waals surface area contributed by atoms with E-state index in [4.69, 9.17) is 5.11 Å². The monoisotopic (exact) mass is 271 g/mol.